The quantitative estimate of drug-likeness (QED) is 0.730. The van der Waals surface area contributed by atoms with Gasteiger partial charge in [-0.05, 0) is 18.2 Å². The van der Waals surface area contributed by atoms with E-state index in [1.54, 1.807) is 0 Å². The normalized spacial score (nSPS) is 11.9. The zero-order valence-corrected chi connectivity index (χ0v) is 7.42. The average molecular weight is 213 g/mol. The van der Waals surface area contributed by atoms with Gasteiger partial charge in [-0.3, -0.25) is 4.98 Å². The van der Waals surface area contributed by atoms with Gasteiger partial charge in [0.15, 0.2) is 0 Å². The first kappa shape index (κ1) is 9.70. The summed E-state index contributed by atoms with van der Waals surface area (Å²) in [5, 5.41) is 0. The molecule has 78 valence electrons. The van der Waals surface area contributed by atoms with Crippen LogP contribution in [0.25, 0.3) is 11.0 Å². The maximum atomic E-state index is 12.3. The molecule has 1 aromatic heterocycles. The molecule has 2 N–H and O–H groups in total. The summed E-state index contributed by atoms with van der Waals surface area (Å²) < 4.78 is 37.0. The number of halogens is 3. The Labute approximate surface area is 82.8 Å². The highest BCUT2D eigenvalue weighted by Crippen LogP contribution is 2.30. The van der Waals surface area contributed by atoms with E-state index in [9.17, 15) is 13.2 Å². The van der Waals surface area contributed by atoms with E-state index in [1.807, 2.05) is 0 Å². The van der Waals surface area contributed by atoms with Gasteiger partial charge in [0.25, 0.3) is 0 Å². The van der Waals surface area contributed by atoms with Crippen LogP contribution in [0.15, 0.2) is 24.4 Å². The fourth-order valence-corrected chi connectivity index (χ4v) is 1.20. The van der Waals surface area contributed by atoms with Crippen LogP contribution in [0, 0.1) is 0 Å². The van der Waals surface area contributed by atoms with Gasteiger partial charge in [0.1, 0.15) is 5.82 Å². The van der Waals surface area contributed by atoms with Gasteiger partial charge >= 0.3 is 6.18 Å². The number of hydrogen-bond donors (Lipinski definition) is 1. The van der Waals surface area contributed by atoms with Gasteiger partial charge in [-0.1, -0.05) is 0 Å². The maximum Gasteiger partial charge on any atom is 0.416 e. The summed E-state index contributed by atoms with van der Waals surface area (Å²) in [6.07, 6.45) is -3.07. The summed E-state index contributed by atoms with van der Waals surface area (Å²) >= 11 is 0. The fourth-order valence-electron chi connectivity index (χ4n) is 1.20. The van der Waals surface area contributed by atoms with Crippen LogP contribution >= 0.6 is 0 Å². The minimum atomic E-state index is -4.37. The molecule has 1 heterocycles. The van der Waals surface area contributed by atoms with Crippen LogP contribution in [0.3, 0.4) is 0 Å². The highest BCUT2D eigenvalue weighted by atomic mass is 19.4. The molecule has 0 radical (unpaired) electrons. The summed E-state index contributed by atoms with van der Waals surface area (Å²) in [6, 6.07) is 3.16. The molecule has 0 bridgehead atoms. The first-order valence-electron chi connectivity index (χ1n) is 4.06. The van der Waals surface area contributed by atoms with Gasteiger partial charge in [-0.15, -0.1) is 0 Å². The summed E-state index contributed by atoms with van der Waals surface area (Å²) in [5.41, 5.74) is 5.10. The van der Waals surface area contributed by atoms with E-state index >= 15 is 0 Å². The molecular weight excluding hydrogens is 207 g/mol. The molecule has 2 rings (SSSR count). The van der Waals surface area contributed by atoms with Gasteiger partial charge < -0.3 is 5.73 Å². The number of nitrogens with two attached hydrogens (primary N) is 1. The van der Waals surface area contributed by atoms with Gasteiger partial charge in [0.2, 0.25) is 0 Å². The van der Waals surface area contributed by atoms with Crippen molar-refractivity contribution in [2.45, 2.75) is 6.18 Å². The largest absolute Gasteiger partial charge is 0.416 e. The van der Waals surface area contributed by atoms with Gasteiger partial charge in [0, 0.05) is 0 Å². The average Bonchev–Trinajstić information content (AvgIpc) is 2.15. The van der Waals surface area contributed by atoms with Crippen molar-refractivity contribution in [1.82, 2.24) is 9.97 Å². The third-order valence-corrected chi connectivity index (χ3v) is 1.89. The van der Waals surface area contributed by atoms with E-state index in [4.69, 9.17) is 5.73 Å². The predicted octanol–water partition coefficient (Wildman–Crippen LogP) is 2.23. The number of alkyl halides is 3. The molecule has 1 aromatic carbocycles. The lowest BCUT2D eigenvalue weighted by molar-refractivity contribution is -0.137. The zero-order chi connectivity index (χ0) is 11.1. The van der Waals surface area contributed by atoms with Crippen LogP contribution < -0.4 is 5.73 Å². The van der Waals surface area contributed by atoms with Crippen molar-refractivity contribution in [3.63, 3.8) is 0 Å². The van der Waals surface area contributed by atoms with Gasteiger partial charge in [-0.25, -0.2) is 4.98 Å². The lowest BCUT2D eigenvalue weighted by Gasteiger charge is -2.06. The van der Waals surface area contributed by atoms with Crippen LogP contribution in [0.5, 0.6) is 0 Å². The Hall–Kier alpha value is -1.85. The number of aromatic nitrogens is 2. The molecule has 0 saturated carbocycles. The molecule has 3 nitrogen and oxygen atoms in total. The highest BCUT2D eigenvalue weighted by Gasteiger charge is 2.30. The standard InChI is InChI=1S/C9H6F3N3/c10-9(11,12)5-1-2-6-7(3-5)15-8(13)4-14-6/h1-4H,(H2,13,15). The Morgan fingerprint density at radius 3 is 2.53 bits per heavy atom. The summed E-state index contributed by atoms with van der Waals surface area (Å²) in [5.74, 6) is 0.0989. The van der Waals surface area contributed by atoms with Gasteiger partial charge in [0.05, 0.1) is 22.8 Å². The molecule has 0 unspecified atom stereocenters. The van der Waals surface area contributed by atoms with E-state index in [-0.39, 0.29) is 11.3 Å². The second kappa shape index (κ2) is 3.08. The SMILES string of the molecule is Nc1cnc2ccc(C(F)(F)F)cc2n1. The van der Waals surface area contributed by atoms with E-state index in [2.05, 4.69) is 9.97 Å². The number of hydrogen-bond acceptors (Lipinski definition) is 3. The molecule has 0 amide bonds. The Balaban J connectivity index is 2.64. The topological polar surface area (TPSA) is 51.8 Å². The molecule has 0 aliphatic rings. The lowest BCUT2D eigenvalue weighted by Crippen LogP contribution is -2.05. The Morgan fingerprint density at radius 1 is 1.13 bits per heavy atom. The van der Waals surface area contributed by atoms with Crippen molar-refractivity contribution in [2.75, 3.05) is 5.73 Å². The summed E-state index contributed by atoms with van der Waals surface area (Å²) in [6.45, 7) is 0. The molecule has 15 heavy (non-hydrogen) atoms. The number of fused-ring (bicyclic) bond motifs is 1. The Bertz CT molecular complexity index is 507. The second-order valence-corrected chi connectivity index (χ2v) is 3.00. The Kier molecular flexibility index (Phi) is 1.99. The van der Waals surface area contributed by atoms with Gasteiger partial charge in [-0.2, -0.15) is 13.2 Å². The van der Waals surface area contributed by atoms with Crippen molar-refractivity contribution >= 4 is 16.9 Å². The highest BCUT2D eigenvalue weighted by molar-refractivity contribution is 5.76. The summed E-state index contributed by atoms with van der Waals surface area (Å²) in [7, 11) is 0. The van der Waals surface area contributed by atoms with Crippen molar-refractivity contribution in [3.05, 3.63) is 30.0 Å². The minimum absolute atomic E-state index is 0.0989. The Morgan fingerprint density at radius 2 is 1.87 bits per heavy atom. The molecule has 6 heteroatoms. The van der Waals surface area contributed by atoms with Crippen LogP contribution in [-0.2, 0) is 6.18 Å². The number of nitrogen functional groups attached to an aromatic ring is 1. The van der Waals surface area contributed by atoms with Crippen LogP contribution in [-0.4, -0.2) is 9.97 Å². The van der Waals surface area contributed by atoms with E-state index in [0.717, 1.165) is 12.1 Å². The number of nitrogens with zero attached hydrogens (tertiary/aromatic N) is 2. The van der Waals surface area contributed by atoms with Crippen molar-refractivity contribution in [1.29, 1.82) is 0 Å². The molecule has 0 spiro atoms. The van der Waals surface area contributed by atoms with Crippen LogP contribution in [0.4, 0.5) is 19.0 Å². The molecule has 0 atom stereocenters. The van der Waals surface area contributed by atoms with E-state index in [0.29, 0.717) is 5.52 Å². The molecular formula is C9H6F3N3. The number of benzene rings is 1. The smallest absolute Gasteiger partial charge is 0.382 e. The zero-order valence-electron chi connectivity index (χ0n) is 7.42. The van der Waals surface area contributed by atoms with Crippen molar-refractivity contribution in [3.8, 4) is 0 Å². The van der Waals surface area contributed by atoms with E-state index in [1.165, 1.54) is 12.3 Å². The fraction of sp³-hybridized carbons (Fsp3) is 0.111. The third-order valence-electron chi connectivity index (χ3n) is 1.89. The molecule has 0 aliphatic heterocycles. The van der Waals surface area contributed by atoms with Crippen molar-refractivity contribution in [2.24, 2.45) is 0 Å². The predicted molar refractivity (Wildman–Crippen MR) is 49.0 cm³/mol. The third kappa shape index (κ3) is 1.83. The van der Waals surface area contributed by atoms with E-state index < -0.39 is 11.7 Å². The summed E-state index contributed by atoms with van der Waals surface area (Å²) in [4.78, 5) is 7.61. The lowest BCUT2D eigenvalue weighted by atomic mass is 10.2. The number of rotatable bonds is 0. The number of anilines is 1. The first-order valence-corrected chi connectivity index (χ1v) is 4.06. The van der Waals surface area contributed by atoms with Crippen LogP contribution in [0.2, 0.25) is 0 Å². The monoisotopic (exact) mass is 213 g/mol. The molecule has 0 aliphatic carbocycles. The maximum absolute atomic E-state index is 12.3. The molecule has 2 aromatic rings. The minimum Gasteiger partial charge on any atom is -0.382 e. The first-order chi connectivity index (χ1) is 6.97. The van der Waals surface area contributed by atoms with Crippen molar-refractivity contribution < 1.29 is 13.2 Å². The second-order valence-electron chi connectivity index (χ2n) is 3.00. The van der Waals surface area contributed by atoms with Crippen LogP contribution in [0.1, 0.15) is 5.56 Å². The molecule has 0 fully saturated rings. The molecule has 0 saturated heterocycles.